The van der Waals surface area contributed by atoms with Crippen molar-refractivity contribution < 1.29 is 9.66 Å². The first-order chi connectivity index (χ1) is 8.20. The normalized spacial score (nSPS) is 14.6. The molecular weight excluding hydrogens is 220 g/mol. The summed E-state index contributed by atoms with van der Waals surface area (Å²) in [4.78, 5) is 10.3. The fraction of sp³-hybridized carbons (Fsp3) is 0.500. The van der Waals surface area contributed by atoms with E-state index in [1.165, 1.54) is 18.9 Å². The molecule has 0 atom stereocenters. The van der Waals surface area contributed by atoms with E-state index in [1.807, 2.05) is 7.05 Å². The molecule has 0 spiro atoms. The van der Waals surface area contributed by atoms with E-state index in [4.69, 9.17) is 4.74 Å². The predicted octanol–water partition coefficient (Wildman–Crippen LogP) is 2.10. The van der Waals surface area contributed by atoms with Crippen LogP contribution in [0.1, 0.15) is 18.4 Å². The Hall–Kier alpha value is -1.62. The Balaban J connectivity index is 2.13. The number of nitro benzene ring substituents is 1. The molecule has 5 nitrogen and oxygen atoms in total. The van der Waals surface area contributed by atoms with Crippen molar-refractivity contribution in [3.05, 3.63) is 33.9 Å². The van der Waals surface area contributed by atoms with Crippen LogP contribution >= 0.6 is 0 Å². The topological polar surface area (TPSA) is 64.4 Å². The number of rotatable bonds is 6. The van der Waals surface area contributed by atoms with Crippen molar-refractivity contribution in [2.75, 3.05) is 13.7 Å². The Morgan fingerprint density at radius 3 is 2.88 bits per heavy atom. The third kappa shape index (κ3) is 3.17. The van der Waals surface area contributed by atoms with Crippen molar-refractivity contribution in [3.63, 3.8) is 0 Å². The molecule has 0 radical (unpaired) electrons. The highest BCUT2D eigenvalue weighted by Gasteiger charge is 2.22. The predicted molar refractivity (Wildman–Crippen MR) is 64.1 cm³/mol. The van der Waals surface area contributed by atoms with Crippen LogP contribution in [0.2, 0.25) is 0 Å². The molecule has 1 aliphatic carbocycles. The van der Waals surface area contributed by atoms with Crippen LogP contribution < -0.4 is 10.1 Å². The zero-order valence-corrected chi connectivity index (χ0v) is 9.81. The van der Waals surface area contributed by atoms with Crippen LogP contribution in [0.25, 0.3) is 0 Å². The number of nitro groups is 1. The summed E-state index contributed by atoms with van der Waals surface area (Å²) in [7, 11) is 1.81. The summed E-state index contributed by atoms with van der Waals surface area (Å²) in [5.41, 5.74) is 0.941. The van der Waals surface area contributed by atoms with Crippen LogP contribution in [-0.2, 0) is 6.54 Å². The molecule has 0 amide bonds. The summed E-state index contributed by atoms with van der Waals surface area (Å²) >= 11 is 0. The lowest BCUT2D eigenvalue weighted by molar-refractivity contribution is -0.384. The highest BCUT2D eigenvalue weighted by molar-refractivity contribution is 5.43. The van der Waals surface area contributed by atoms with Crippen molar-refractivity contribution in [2.45, 2.75) is 19.4 Å². The second-order valence-electron chi connectivity index (χ2n) is 4.33. The fourth-order valence-corrected chi connectivity index (χ4v) is 1.64. The first-order valence-electron chi connectivity index (χ1n) is 5.75. The molecule has 5 heteroatoms. The minimum Gasteiger partial charge on any atom is -0.493 e. The van der Waals surface area contributed by atoms with E-state index in [1.54, 1.807) is 12.1 Å². The largest absolute Gasteiger partial charge is 0.493 e. The van der Waals surface area contributed by atoms with Crippen molar-refractivity contribution in [1.82, 2.24) is 5.32 Å². The van der Waals surface area contributed by atoms with Gasteiger partial charge in [0.1, 0.15) is 5.75 Å². The molecule has 1 aromatic rings. The molecule has 92 valence electrons. The standard InChI is InChI=1S/C12H16N2O3/c1-13-7-10-6-11(14(15)16)4-5-12(10)17-8-9-2-3-9/h4-6,9,13H,2-3,7-8H2,1H3. The molecule has 2 rings (SSSR count). The molecule has 0 aromatic heterocycles. The summed E-state index contributed by atoms with van der Waals surface area (Å²) in [6.45, 7) is 1.29. The number of hydrogen-bond donors (Lipinski definition) is 1. The zero-order valence-electron chi connectivity index (χ0n) is 9.81. The van der Waals surface area contributed by atoms with Gasteiger partial charge < -0.3 is 10.1 Å². The van der Waals surface area contributed by atoms with Gasteiger partial charge in [-0.2, -0.15) is 0 Å². The third-order valence-electron chi connectivity index (χ3n) is 2.79. The first-order valence-corrected chi connectivity index (χ1v) is 5.75. The van der Waals surface area contributed by atoms with Gasteiger partial charge in [0.25, 0.3) is 5.69 Å². The highest BCUT2D eigenvalue weighted by atomic mass is 16.6. The molecule has 0 saturated heterocycles. The summed E-state index contributed by atoms with van der Waals surface area (Å²) in [6.07, 6.45) is 2.46. The van der Waals surface area contributed by atoms with Gasteiger partial charge in [-0.05, 0) is 31.9 Å². The molecule has 0 heterocycles. The van der Waals surface area contributed by atoms with E-state index in [9.17, 15) is 10.1 Å². The summed E-state index contributed by atoms with van der Waals surface area (Å²) in [5, 5.41) is 13.7. The lowest BCUT2D eigenvalue weighted by Crippen LogP contribution is -2.09. The van der Waals surface area contributed by atoms with Crippen molar-refractivity contribution in [3.8, 4) is 5.75 Å². The summed E-state index contributed by atoms with van der Waals surface area (Å²) < 4.78 is 5.69. The van der Waals surface area contributed by atoms with Crippen molar-refractivity contribution >= 4 is 5.69 Å². The van der Waals surface area contributed by atoms with Crippen LogP contribution in [0.5, 0.6) is 5.75 Å². The Labute approximate surface area is 99.9 Å². The van der Waals surface area contributed by atoms with E-state index in [2.05, 4.69) is 5.32 Å². The van der Waals surface area contributed by atoms with Crippen molar-refractivity contribution in [1.29, 1.82) is 0 Å². The minimum atomic E-state index is -0.385. The molecule has 1 aromatic carbocycles. The molecule has 1 N–H and O–H groups in total. The average Bonchev–Trinajstić information content (AvgIpc) is 3.11. The van der Waals surface area contributed by atoms with Gasteiger partial charge in [0.15, 0.2) is 0 Å². The Kier molecular flexibility index (Phi) is 3.58. The van der Waals surface area contributed by atoms with Gasteiger partial charge in [-0.25, -0.2) is 0 Å². The second-order valence-corrected chi connectivity index (χ2v) is 4.33. The minimum absolute atomic E-state index is 0.106. The van der Waals surface area contributed by atoms with Crippen molar-refractivity contribution in [2.24, 2.45) is 5.92 Å². The first kappa shape index (κ1) is 11.9. The van der Waals surface area contributed by atoms with Crippen LogP contribution in [-0.4, -0.2) is 18.6 Å². The maximum absolute atomic E-state index is 10.7. The molecule has 1 fully saturated rings. The quantitative estimate of drug-likeness (QED) is 0.607. The number of hydrogen-bond acceptors (Lipinski definition) is 4. The molecule has 17 heavy (non-hydrogen) atoms. The van der Waals surface area contributed by atoms with E-state index >= 15 is 0 Å². The zero-order chi connectivity index (χ0) is 12.3. The number of nitrogens with one attached hydrogen (secondary N) is 1. The van der Waals surface area contributed by atoms with Gasteiger partial charge in [0, 0.05) is 24.2 Å². The van der Waals surface area contributed by atoms with E-state index in [0.717, 1.165) is 11.3 Å². The molecular formula is C12H16N2O3. The van der Waals surface area contributed by atoms with E-state index < -0.39 is 0 Å². The van der Waals surface area contributed by atoms with Gasteiger partial charge in [-0.15, -0.1) is 0 Å². The molecule has 0 unspecified atom stereocenters. The third-order valence-corrected chi connectivity index (χ3v) is 2.79. The smallest absolute Gasteiger partial charge is 0.270 e. The van der Waals surface area contributed by atoms with E-state index in [0.29, 0.717) is 19.1 Å². The Morgan fingerprint density at radius 2 is 2.29 bits per heavy atom. The molecule has 1 saturated carbocycles. The summed E-state index contributed by atoms with van der Waals surface area (Å²) in [5.74, 6) is 1.42. The molecule has 0 aliphatic heterocycles. The van der Waals surface area contributed by atoms with Gasteiger partial charge in [-0.1, -0.05) is 0 Å². The van der Waals surface area contributed by atoms with Gasteiger partial charge in [0.05, 0.1) is 11.5 Å². The van der Waals surface area contributed by atoms with Crippen LogP contribution in [0.3, 0.4) is 0 Å². The van der Waals surface area contributed by atoms with Crippen LogP contribution in [0.15, 0.2) is 18.2 Å². The molecule has 1 aliphatic rings. The fourth-order valence-electron chi connectivity index (χ4n) is 1.64. The Morgan fingerprint density at radius 1 is 1.53 bits per heavy atom. The van der Waals surface area contributed by atoms with Crippen LogP contribution in [0, 0.1) is 16.0 Å². The average molecular weight is 236 g/mol. The monoisotopic (exact) mass is 236 g/mol. The lowest BCUT2D eigenvalue weighted by Gasteiger charge is -2.10. The molecule has 0 bridgehead atoms. The maximum atomic E-state index is 10.7. The highest BCUT2D eigenvalue weighted by Crippen LogP contribution is 2.31. The maximum Gasteiger partial charge on any atom is 0.270 e. The van der Waals surface area contributed by atoms with Crippen LogP contribution in [0.4, 0.5) is 5.69 Å². The van der Waals surface area contributed by atoms with E-state index in [-0.39, 0.29) is 10.6 Å². The van der Waals surface area contributed by atoms with Gasteiger partial charge in [-0.3, -0.25) is 10.1 Å². The number of nitrogens with zero attached hydrogens (tertiary/aromatic N) is 1. The number of ether oxygens (including phenoxy) is 1. The summed E-state index contributed by atoms with van der Waals surface area (Å²) in [6, 6.07) is 4.74. The SMILES string of the molecule is CNCc1cc([N+](=O)[O-])ccc1OCC1CC1. The van der Waals surface area contributed by atoms with Gasteiger partial charge in [0.2, 0.25) is 0 Å². The Bertz CT molecular complexity index is 416. The lowest BCUT2D eigenvalue weighted by atomic mass is 10.1. The number of non-ortho nitro benzene ring substituents is 1. The number of benzene rings is 1. The second kappa shape index (κ2) is 5.14. The van der Waals surface area contributed by atoms with Gasteiger partial charge >= 0.3 is 0 Å².